The fraction of sp³-hybridized carbons (Fsp3) is 0.750. The maximum atomic E-state index is 10.6. The van der Waals surface area contributed by atoms with Gasteiger partial charge in [0.25, 0.3) is 0 Å². The summed E-state index contributed by atoms with van der Waals surface area (Å²) in [6.07, 6.45) is -4.72. The second kappa shape index (κ2) is 6.46. The molecule has 0 heterocycles. The predicted molar refractivity (Wildman–Crippen MR) is 48.8 cm³/mol. The fourth-order valence-corrected chi connectivity index (χ4v) is 0.983. The number of rotatable bonds is 6. The molecule has 0 aliphatic carbocycles. The predicted octanol–water partition coefficient (Wildman–Crippen LogP) is -3.23. The molecule has 1 unspecified atom stereocenters. The normalized spacial score (nSPS) is 18.7. The number of hydrogen-bond donors (Lipinski definition) is 5. The minimum absolute atomic E-state index is 0.235. The molecule has 0 aliphatic rings. The zero-order valence-electron chi connectivity index (χ0n) is 8.20. The lowest BCUT2D eigenvalue weighted by Gasteiger charge is -2.25. The first-order chi connectivity index (χ1) is 6.93. The van der Waals surface area contributed by atoms with E-state index in [2.05, 4.69) is 5.32 Å². The highest BCUT2D eigenvalue weighted by atomic mass is 16.4. The van der Waals surface area contributed by atoms with Crippen molar-refractivity contribution >= 4 is 12.2 Å². The molecule has 0 aromatic carbocycles. The van der Waals surface area contributed by atoms with Crippen LogP contribution in [0.4, 0.5) is 0 Å². The van der Waals surface area contributed by atoms with Gasteiger partial charge in [0.2, 0.25) is 5.91 Å². The van der Waals surface area contributed by atoms with E-state index in [1.807, 2.05) is 0 Å². The van der Waals surface area contributed by atoms with Gasteiger partial charge in [-0.2, -0.15) is 0 Å². The highest BCUT2D eigenvalue weighted by molar-refractivity contribution is 5.77. The first-order valence-corrected chi connectivity index (χ1v) is 4.31. The molecular formula is C8H15NO6. The third kappa shape index (κ3) is 4.34. The van der Waals surface area contributed by atoms with Gasteiger partial charge in [-0.15, -0.1) is 0 Å². The first-order valence-electron chi connectivity index (χ1n) is 4.31. The zero-order chi connectivity index (χ0) is 12.0. The van der Waals surface area contributed by atoms with Crippen molar-refractivity contribution in [3.63, 3.8) is 0 Å². The van der Waals surface area contributed by atoms with E-state index in [1.165, 1.54) is 0 Å². The minimum atomic E-state index is -1.71. The van der Waals surface area contributed by atoms with Gasteiger partial charge in [0.05, 0.1) is 6.61 Å². The maximum absolute atomic E-state index is 10.6. The van der Waals surface area contributed by atoms with Crippen LogP contribution in [0.3, 0.4) is 0 Å². The number of aliphatic hydroxyl groups excluding tert-OH is 4. The summed E-state index contributed by atoms with van der Waals surface area (Å²) in [4.78, 5) is 21.1. The average Bonchev–Trinajstić information content (AvgIpc) is 2.22. The Labute approximate surface area is 86.3 Å². The van der Waals surface area contributed by atoms with E-state index in [9.17, 15) is 19.8 Å². The van der Waals surface area contributed by atoms with Gasteiger partial charge in [0.1, 0.15) is 30.6 Å². The number of amides is 1. The van der Waals surface area contributed by atoms with Crippen LogP contribution in [0, 0.1) is 0 Å². The largest absolute Gasteiger partial charge is 0.394 e. The van der Waals surface area contributed by atoms with Gasteiger partial charge in [0.15, 0.2) is 0 Å². The highest BCUT2D eigenvalue weighted by Gasteiger charge is 2.31. The molecule has 5 N–H and O–H groups in total. The van der Waals surface area contributed by atoms with Crippen LogP contribution in [0.5, 0.6) is 0 Å². The van der Waals surface area contributed by atoms with E-state index < -0.39 is 36.9 Å². The quantitative estimate of drug-likeness (QED) is 0.300. The summed E-state index contributed by atoms with van der Waals surface area (Å²) in [5.41, 5.74) is 0. The molecule has 7 nitrogen and oxygen atoms in total. The molecule has 4 atom stereocenters. The van der Waals surface area contributed by atoms with Crippen LogP contribution in [0.25, 0.3) is 0 Å². The zero-order valence-corrected chi connectivity index (χ0v) is 8.20. The summed E-state index contributed by atoms with van der Waals surface area (Å²) in [6, 6.07) is -1.32. The van der Waals surface area contributed by atoms with E-state index >= 15 is 0 Å². The van der Waals surface area contributed by atoms with E-state index in [0.29, 0.717) is 0 Å². The van der Waals surface area contributed by atoms with Crippen molar-refractivity contribution in [3.8, 4) is 0 Å². The number of nitrogens with one attached hydrogen (secondary N) is 1. The number of hydrogen-bond acceptors (Lipinski definition) is 6. The van der Waals surface area contributed by atoms with Crippen LogP contribution in [-0.2, 0) is 9.59 Å². The maximum Gasteiger partial charge on any atom is 0.217 e. The molecule has 7 heteroatoms. The molecule has 15 heavy (non-hydrogen) atoms. The van der Waals surface area contributed by atoms with Gasteiger partial charge >= 0.3 is 0 Å². The summed E-state index contributed by atoms with van der Waals surface area (Å²) in [5, 5.41) is 38.2. The molecule has 0 aliphatic heterocycles. The Morgan fingerprint density at radius 1 is 1.33 bits per heavy atom. The van der Waals surface area contributed by atoms with Crippen molar-refractivity contribution in [1.82, 2.24) is 5.32 Å². The van der Waals surface area contributed by atoms with Crippen LogP contribution in [0.1, 0.15) is 6.92 Å². The minimum Gasteiger partial charge on any atom is -0.394 e. The summed E-state index contributed by atoms with van der Waals surface area (Å²) >= 11 is 0. The molecule has 0 saturated heterocycles. The van der Waals surface area contributed by atoms with Gasteiger partial charge in [-0.25, -0.2) is 0 Å². The van der Waals surface area contributed by atoms with Crippen LogP contribution >= 0.6 is 0 Å². The lowest BCUT2D eigenvalue weighted by Crippen LogP contribution is -2.53. The lowest BCUT2D eigenvalue weighted by molar-refractivity contribution is -0.129. The average molecular weight is 221 g/mol. The molecule has 0 aromatic rings. The molecule has 0 bridgehead atoms. The van der Waals surface area contributed by atoms with Gasteiger partial charge in [-0.3, -0.25) is 4.79 Å². The Balaban J connectivity index is 4.42. The Hall–Kier alpha value is -1.02. The van der Waals surface area contributed by atoms with Gasteiger partial charge in [-0.1, -0.05) is 0 Å². The molecule has 0 fully saturated rings. The molecule has 0 saturated carbocycles. The van der Waals surface area contributed by atoms with Crippen molar-refractivity contribution in [1.29, 1.82) is 0 Å². The number of carbonyl (C=O) groups is 2. The second-order valence-corrected chi connectivity index (χ2v) is 3.09. The van der Waals surface area contributed by atoms with Crippen LogP contribution in [0.2, 0.25) is 0 Å². The number of carbonyl (C=O) groups excluding carboxylic acids is 2. The topological polar surface area (TPSA) is 127 Å². The molecule has 0 spiro atoms. The first kappa shape index (κ1) is 14.0. The molecule has 1 amide bonds. The summed E-state index contributed by atoms with van der Waals surface area (Å²) in [7, 11) is 0. The number of aldehydes is 1. The lowest BCUT2D eigenvalue weighted by atomic mass is 10.0. The third-order valence-electron chi connectivity index (χ3n) is 1.82. The van der Waals surface area contributed by atoms with Gasteiger partial charge in [-0.05, 0) is 0 Å². The smallest absolute Gasteiger partial charge is 0.217 e. The SMILES string of the molecule is CC(=O)NC(C=O)[C@@H](O)[C@@H](O)[C@H](O)CO. The fourth-order valence-electron chi connectivity index (χ4n) is 0.983. The van der Waals surface area contributed by atoms with Crippen molar-refractivity contribution in [3.05, 3.63) is 0 Å². The highest BCUT2D eigenvalue weighted by Crippen LogP contribution is 2.03. The van der Waals surface area contributed by atoms with E-state index in [4.69, 9.17) is 10.2 Å². The van der Waals surface area contributed by atoms with Crippen molar-refractivity contribution < 1.29 is 30.0 Å². The third-order valence-corrected chi connectivity index (χ3v) is 1.82. The van der Waals surface area contributed by atoms with E-state index in [1.54, 1.807) is 0 Å². The van der Waals surface area contributed by atoms with Crippen molar-refractivity contribution in [2.24, 2.45) is 0 Å². The van der Waals surface area contributed by atoms with Crippen molar-refractivity contribution in [2.75, 3.05) is 6.61 Å². The molecule has 88 valence electrons. The second-order valence-electron chi connectivity index (χ2n) is 3.09. The summed E-state index contributed by atoms with van der Waals surface area (Å²) < 4.78 is 0. The van der Waals surface area contributed by atoms with Crippen LogP contribution < -0.4 is 5.32 Å². The van der Waals surface area contributed by atoms with Crippen LogP contribution in [0.15, 0.2) is 0 Å². The van der Waals surface area contributed by atoms with Crippen molar-refractivity contribution in [2.45, 2.75) is 31.3 Å². The number of aliphatic hydroxyl groups is 4. The van der Waals surface area contributed by atoms with Gasteiger partial charge in [0, 0.05) is 6.92 Å². The molecule has 0 radical (unpaired) electrons. The molecular weight excluding hydrogens is 206 g/mol. The summed E-state index contributed by atoms with van der Waals surface area (Å²) in [5.74, 6) is -0.558. The Kier molecular flexibility index (Phi) is 6.02. The van der Waals surface area contributed by atoms with E-state index in [-0.39, 0.29) is 6.29 Å². The Morgan fingerprint density at radius 2 is 1.87 bits per heavy atom. The Morgan fingerprint density at radius 3 is 2.20 bits per heavy atom. The standard InChI is InChI=1S/C8H15NO6/c1-4(12)9-5(2-10)7(14)8(15)6(13)3-11/h2,5-8,11,13-15H,3H2,1H3,(H,9,12)/t5?,6-,7-,8+/m1/s1. The molecule has 0 aromatic heterocycles. The summed E-state index contributed by atoms with van der Waals surface area (Å²) in [6.45, 7) is 0.377. The van der Waals surface area contributed by atoms with Crippen LogP contribution in [-0.4, -0.2) is 63.6 Å². The van der Waals surface area contributed by atoms with E-state index in [0.717, 1.165) is 6.92 Å². The molecule has 0 rings (SSSR count). The monoisotopic (exact) mass is 221 g/mol. The Bertz CT molecular complexity index is 221. The van der Waals surface area contributed by atoms with Gasteiger partial charge < -0.3 is 30.5 Å².